The predicted molar refractivity (Wildman–Crippen MR) is 69.4 cm³/mol. The van der Waals surface area contributed by atoms with Crippen molar-refractivity contribution in [2.75, 3.05) is 0 Å². The molecule has 1 heterocycles. The maximum atomic E-state index is 11.0. The van der Waals surface area contributed by atoms with Gasteiger partial charge in [0, 0.05) is 17.2 Å². The molecule has 17 heavy (non-hydrogen) atoms. The zero-order chi connectivity index (χ0) is 12.4. The van der Waals surface area contributed by atoms with Gasteiger partial charge in [-0.15, -0.1) is 0 Å². The molecule has 3 nitrogen and oxygen atoms in total. The molecule has 0 amide bonds. The summed E-state index contributed by atoms with van der Waals surface area (Å²) >= 11 is 3.29. The summed E-state index contributed by atoms with van der Waals surface area (Å²) < 4.78 is 2.50. The Morgan fingerprint density at radius 1 is 1.35 bits per heavy atom. The molecule has 1 aromatic heterocycles. The number of benzene rings is 1. The Labute approximate surface area is 108 Å². The zero-order valence-electron chi connectivity index (χ0n) is 9.35. The minimum Gasteiger partial charge on any atom is -0.477 e. The number of carboxylic acids is 1. The molecule has 2 aromatic rings. The Bertz CT molecular complexity index is 543. The van der Waals surface area contributed by atoms with Crippen LogP contribution >= 0.6 is 15.9 Å². The number of aromatic carboxylic acids is 1. The summed E-state index contributed by atoms with van der Waals surface area (Å²) in [4.78, 5) is 11.0. The third-order valence-electron chi connectivity index (χ3n) is 2.56. The van der Waals surface area contributed by atoms with E-state index in [1.165, 1.54) is 5.56 Å². The summed E-state index contributed by atoms with van der Waals surface area (Å²) in [6, 6.07) is 9.67. The molecule has 0 unspecified atom stereocenters. The van der Waals surface area contributed by atoms with E-state index in [2.05, 4.69) is 15.9 Å². The van der Waals surface area contributed by atoms with Gasteiger partial charge in [0.15, 0.2) is 0 Å². The number of carbonyl (C=O) groups is 1. The van der Waals surface area contributed by atoms with Gasteiger partial charge in [-0.1, -0.05) is 29.8 Å². The van der Waals surface area contributed by atoms with Gasteiger partial charge >= 0.3 is 5.97 Å². The number of aryl methyl sites for hydroxylation is 1. The SMILES string of the molecule is Cc1ccc(Cn2cc(Br)cc2C(=O)O)cc1. The first-order valence-electron chi connectivity index (χ1n) is 5.21. The first kappa shape index (κ1) is 11.9. The highest BCUT2D eigenvalue weighted by atomic mass is 79.9. The van der Waals surface area contributed by atoms with Gasteiger partial charge < -0.3 is 9.67 Å². The Morgan fingerprint density at radius 2 is 2.00 bits per heavy atom. The Kier molecular flexibility index (Phi) is 3.33. The monoisotopic (exact) mass is 293 g/mol. The van der Waals surface area contributed by atoms with E-state index < -0.39 is 5.97 Å². The molecule has 0 saturated heterocycles. The normalized spacial score (nSPS) is 10.5. The number of nitrogens with zero attached hydrogens (tertiary/aromatic N) is 1. The molecule has 0 fully saturated rings. The maximum absolute atomic E-state index is 11.0. The van der Waals surface area contributed by atoms with Crippen LogP contribution < -0.4 is 0 Å². The van der Waals surface area contributed by atoms with E-state index in [4.69, 9.17) is 5.11 Å². The van der Waals surface area contributed by atoms with Crippen LogP contribution in [0.5, 0.6) is 0 Å². The van der Waals surface area contributed by atoms with Crippen LogP contribution in [0.4, 0.5) is 0 Å². The van der Waals surface area contributed by atoms with Crippen molar-refractivity contribution in [3.63, 3.8) is 0 Å². The minimum atomic E-state index is -0.914. The average Bonchev–Trinajstić information content (AvgIpc) is 2.63. The van der Waals surface area contributed by atoms with Crippen molar-refractivity contribution in [1.29, 1.82) is 0 Å². The lowest BCUT2D eigenvalue weighted by Crippen LogP contribution is -2.08. The molecule has 0 bridgehead atoms. The second-order valence-electron chi connectivity index (χ2n) is 3.96. The van der Waals surface area contributed by atoms with Crippen molar-refractivity contribution in [1.82, 2.24) is 4.57 Å². The smallest absolute Gasteiger partial charge is 0.352 e. The molecule has 2 rings (SSSR count). The van der Waals surface area contributed by atoms with Crippen LogP contribution in [-0.4, -0.2) is 15.6 Å². The third-order valence-corrected chi connectivity index (χ3v) is 2.99. The van der Waals surface area contributed by atoms with Gasteiger partial charge in [-0.25, -0.2) is 4.79 Å². The highest BCUT2D eigenvalue weighted by molar-refractivity contribution is 9.10. The molecule has 0 aliphatic rings. The molecule has 0 saturated carbocycles. The van der Waals surface area contributed by atoms with E-state index >= 15 is 0 Å². The van der Waals surface area contributed by atoms with Crippen molar-refractivity contribution >= 4 is 21.9 Å². The fourth-order valence-corrected chi connectivity index (χ4v) is 2.14. The number of carboxylic acid groups (broad SMARTS) is 1. The van der Waals surface area contributed by atoms with E-state index in [0.29, 0.717) is 6.54 Å². The largest absolute Gasteiger partial charge is 0.477 e. The minimum absolute atomic E-state index is 0.289. The molecule has 0 spiro atoms. The second-order valence-corrected chi connectivity index (χ2v) is 4.88. The Balaban J connectivity index is 2.29. The van der Waals surface area contributed by atoms with Crippen LogP contribution in [0, 0.1) is 6.92 Å². The standard InChI is InChI=1S/C13H12BrNO2/c1-9-2-4-10(5-3-9)7-15-8-11(14)6-12(15)13(16)17/h2-6,8H,7H2,1H3,(H,16,17). The molecule has 1 aromatic carbocycles. The van der Waals surface area contributed by atoms with Gasteiger partial charge in [-0.05, 0) is 34.5 Å². The van der Waals surface area contributed by atoms with Crippen LogP contribution in [0.2, 0.25) is 0 Å². The molecule has 0 radical (unpaired) electrons. The van der Waals surface area contributed by atoms with Crippen molar-refractivity contribution < 1.29 is 9.90 Å². The van der Waals surface area contributed by atoms with Gasteiger partial charge in [-0.2, -0.15) is 0 Å². The van der Waals surface area contributed by atoms with Gasteiger partial charge in [-0.3, -0.25) is 0 Å². The van der Waals surface area contributed by atoms with Gasteiger partial charge in [0.05, 0.1) is 0 Å². The predicted octanol–water partition coefficient (Wildman–Crippen LogP) is 3.31. The van der Waals surface area contributed by atoms with Gasteiger partial charge in [0.25, 0.3) is 0 Å². The van der Waals surface area contributed by atoms with Crippen molar-refractivity contribution in [3.8, 4) is 0 Å². The Hall–Kier alpha value is -1.55. The number of rotatable bonds is 3. The maximum Gasteiger partial charge on any atom is 0.352 e. The van der Waals surface area contributed by atoms with E-state index in [0.717, 1.165) is 10.0 Å². The Morgan fingerprint density at radius 3 is 2.59 bits per heavy atom. The van der Waals surface area contributed by atoms with Crippen molar-refractivity contribution in [3.05, 3.63) is 57.8 Å². The van der Waals surface area contributed by atoms with Crippen LogP contribution in [0.25, 0.3) is 0 Å². The highest BCUT2D eigenvalue weighted by Crippen LogP contribution is 2.17. The second kappa shape index (κ2) is 4.75. The number of aromatic nitrogens is 1. The van der Waals surface area contributed by atoms with Crippen molar-refractivity contribution in [2.45, 2.75) is 13.5 Å². The van der Waals surface area contributed by atoms with Gasteiger partial charge in [0.1, 0.15) is 5.69 Å². The van der Waals surface area contributed by atoms with Crippen LogP contribution in [-0.2, 0) is 6.54 Å². The molecular weight excluding hydrogens is 282 g/mol. The summed E-state index contributed by atoms with van der Waals surface area (Å²) in [5, 5.41) is 9.06. The number of halogens is 1. The van der Waals surface area contributed by atoms with Crippen LogP contribution in [0.15, 0.2) is 41.0 Å². The van der Waals surface area contributed by atoms with E-state index in [1.54, 1.807) is 16.8 Å². The van der Waals surface area contributed by atoms with E-state index in [1.807, 2.05) is 31.2 Å². The molecule has 88 valence electrons. The quantitative estimate of drug-likeness (QED) is 0.943. The van der Waals surface area contributed by atoms with E-state index in [9.17, 15) is 4.79 Å². The molecular formula is C13H12BrNO2. The molecule has 0 aliphatic carbocycles. The van der Waals surface area contributed by atoms with Crippen LogP contribution in [0.1, 0.15) is 21.6 Å². The molecule has 4 heteroatoms. The first-order chi connectivity index (χ1) is 8.06. The topological polar surface area (TPSA) is 42.2 Å². The summed E-state index contributed by atoms with van der Waals surface area (Å²) in [5.74, 6) is -0.914. The number of hydrogen-bond donors (Lipinski definition) is 1. The fourth-order valence-electron chi connectivity index (χ4n) is 1.67. The first-order valence-corrected chi connectivity index (χ1v) is 6.00. The van der Waals surface area contributed by atoms with Gasteiger partial charge in [0.2, 0.25) is 0 Å². The lowest BCUT2D eigenvalue weighted by molar-refractivity contribution is 0.0685. The average molecular weight is 294 g/mol. The lowest BCUT2D eigenvalue weighted by Gasteiger charge is -2.06. The lowest BCUT2D eigenvalue weighted by atomic mass is 10.1. The summed E-state index contributed by atoms with van der Waals surface area (Å²) in [7, 11) is 0. The van der Waals surface area contributed by atoms with Crippen LogP contribution in [0.3, 0.4) is 0 Å². The summed E-state index contributed by atoms with van der Waals surface area (Å²) in [6.45, 7) is 2.59. The zero-order valence-corrected chi connectivity index (χ0v) is 10.9. The third kappa shape index (κ3) is 2.77. The summed E-state index contributed by atoms with van der Waals surface area (Å²) in [6.07, 6.45) is 1.78. The van der Waals surface area contributed by atoms with E-state index in [-0.39, 0.29) is 5.69 Å². The highest BCUT2D eigenvalue weighted by Gasteiger charge is 2.11. The molecule has 0 atom stereocenters. The number of hydrogen-bond acceptors (Lipinski definition) is 1. The molecule has 0 aliphatic heterocycles. The fraction of sp³-hybridized carbons (Fsp3) is 0.154. The van der Waals surface area contributed by atoms with Crippen molar-refractivity contribution in [2.24, 2.45) is 0 Å². The molecule has 1 N–H and O–H groups in total. The summed E-state index contributed by atoms with van der Waals surface area (Å²) in [5.41, 5.74) is 2.57.